The minimum absolute atomic E-state index is 0.303. The molecule has 0 aliphatic carbocycles. The monoisotopic (exact) mass is 270 g/mol. The van der Waals surface area contributed by atoms with E-state index in [-0.39, 0.29) is 0 Å². The lowest BCUT2D eigenvalue weighted by molar-refractivity contribution is 0.316. The van der Waals surface area contributed by atoms with Crippen LogP contribution in [0, 0.1) is 13.8 Å². The first-order chi connectivity index (χ1) is 8.54. The van der Waals surface area contributed by atoms with E-state index in [9.17, 15) is 0 Å². The van der Waals surface area contributed by atoms with Crippen LogP contribution in [-0.4, -0.2) is 22.6 Å². The minimum atomic E-state index is 0.303. The topological polar surface area (TPSA) is 83.5 Å². The molecule has 0 spiro atoms. The summed E-state index contributed by atoms with van der Waals surface area (Å²) in [4.78, 5) is 5.74. The van der Waals surface area contributed by atoms with Crippen LogP contribution in [0.4, 0.5) is 0 Å². The summed E-state index contributed by atoms with van der Waals surface area (Å²) in [5, 5.41) is 15.9. The lowest BCUT2D eigenvalue weighted by atomic mass is 10.2. The van der Waals surface area contributed by atoms with Gasteiger partial charge in [-0.3, -0.25) is 0 Å². The van der Waals surface area contributed by atoms with Gasteiger partial charge in [-0.15, -0.1) is 11.3 Å². The van der Waals surface area contributed by atoms with Gasteiger partial charge in [0.1, 0.15) is 5.84 Å². The fourth-order valence-electron chi connectivity index (χ4n) is 1.84. The Balaban J connectivity index is 2.25. The lowest BCUT2D eigenvalue weighted by Crippen LogP contribution is -2.20. The summed E-state index contributed by atoms with van der Waals surface area (Å²) in [6.07, 6.45) is 2.58. The molecular formula is C12H22N4OS. The minimum Gasteiger partial charge on any atom is -0.409 e. The van der Waals surface area contributed by atoms with E-state index >= 15 is 0 Å². The summed E-state index contributed by atoms with van der Waals surface area (Å²) in [6.45, 7) is 7.17. The van der Waals surface area contributed by atoms with Crippen molar-refractivity contribution in [1.29, 1.82) is 0 Å². The number of nitrogens with zero attached hydrogens (tertiary/aromatic N) is 2. The molecule has 1 rings (SSSR count). The van der Waals surface area contributed by atoms with E-state index in [1.54, 1.807) is 11.3 Å². The number of amidine groups is 1. The summed E-state index contributed by atoms with van der Waals surface area (Å²) >= 11 is 1.75. The standard InChI is InChI=1S/C12H22N4OS/c1-8(12-9(2)15-10(3)18-12)14-7-5-4-6-11(13)16-17/h8,14,17H,4-7H2,1-3H3,(H2,13,16). The van der Waals surface area contributed by atoms with Gasteiger partial charge in [0.25, 0.3) is 0 Å². The van der Waals surface area contributed by atoms with Gasteiger partial charge in [0.05, 0.1) is 10.7 Å². The van der Waals surface area contributed by atoms with Crippen LogP contribution in [-0.2, 0) is 0 Å². The molecule has 0 bridgehead atoms. The molecule has 0 saturated carbocycles. The van der Waals surface area contributed by atoms with Crippen molar-refractivity contribution in [3.8, 4) is 0 Å². The van der Waals surface area contributed by atoms with Gasteiger partial charge >= 0.3 is 0 Å². The van der Waals surface area contributed by atoms with Crippen molar-refractivity contribution < 1.29 is 5.21 Å². The van der Waals surface area contributed by atoms with Crippen LogP contribution in [0.2, 0.25) is 0 Å². The van der Waals surface area contributed by atoms with Crippen LogP contribution in [0.1, 0.15) is 47.8 Å². The van der Waals surface area contributed by atoms with Crippen molar-refractivity contribution in [2.45, 2.75) is 46.1 Å². The maximum atomic E-state index is 8.40. The zero-order chi connectivity index (χ0) is 13.5. The first-order valence-electron chi connectivity index (χ1n) is 6.18. The second-order valence-corrected chi connectivity index (χ2v) is 5.64. The maximum absolute atomic E-state index is 8.40. The predicted molar refractivity (Wildman–Crippen MR) is 75.3 cm³/mol. The zero-order valence-electron chi connectivity index (χ0n) is 11.2. The molecule has 1 heterocycles. The number of oxime groups is 1. The molecule has 1 aromatic rings. The molecule has 5 nitrogen and oxygen atoms in total. The van der Waals surface area contributed by atoms with Gasteiger partial charge < -0.3 is 16.3 Å². The van der Waals surface area contributed by atoms with Crippen molar-refractivity contribution >= 4 is 17.2 Å². The summed E-state index contributed by atoms with van der Waals surface area (Å²) in [6, 6.07) is 0.333. The molecule has 4 N–H and O–H groups in total. The smallest absolute Gasteiger partial charge is 0.139 e. The highest BCUT2D eigenvalue weighted by Crippen LogP contribution is 2.24. The Morgan fingerprint density at radius 1 is 1.50 bits per heavy atom. The third-order valence-electron chi connectivity index (χ3n) is 2.77. The zero-order valence-corrected chi connectivity index (χ0v) is 12.0. The SMILES string of the molecule is Cc1nc(C)c(C(C)NCCCCC(N)=NO)s1. The first-order valence-corrected chi connectivity index (χ1v) is 7.00. The van der Waals surface area contributed by atoms with E-state index in [1.165, 1.54) is 4.88 Å². The Morgan fingerprint density at radius 3 is 2.78 bits per heavy atom. The molecular weight excluding hydrogens is 248 g/mol. The molecule has 18 heavy (non-hydrogen) atoms. The van der Waals surface area contributed by atoms with Crippen molar-refractivity contribution in [3.05, 3.63) is 15.6 Å². The van der Waals surface area contributed by atoms with Gasteiger partial charge in [-0.1, -0.05) is 5.16 Å². The fraction of sp³-hybridized carbons (Fsp3) is 0.667. The summed E-state index contributed by atoms with van der Waals surface area (Å²) in [5.41, 5.74) is 6.52. The van der Waals surface area contributed by atoms with Crippen LogP contribution in [0.25, 0.3) is 0 Å². The number of unbranched alkanes of at least 4 members (excludes halogenated alkanes) is 1. The second kappa shape index (κ2) is 7.33. The first kappa shape index (κ1) is 14.9. The maximum Gasteiger partial charge on any atom is 0.139 e. The molecule has 0 aromatic carbocycles. The highest BCUT2D eigenvalue weighted by molar-refractivity contribution is 7.11. The van der Waals surface area contributed by atoms with Crippen LogP contribution in [0.15, 0.2) is 5.16 Å². The Kier molecular flexibility index (Phi) is 6.07. The van der Waals surface area contributed by atoms with Gasteiger partial charge in [-0.05, 0) is 40.2 Å². The molecule has 0 amide bonds. The van der Waals surface area contributed by atoms with Crippen LogP contribution >= 0.6 is 11.3 Å². The van der Waals surface area contributed by atoms with Crippen LogP contribution in [0.5, 0.6) is 0 Å². The highest BCUT2D eigenvalue weighted by atomic mass is 32.1. The molecule has 6 heteroatoms. The Labute approximate surface area is 112 Å². The average Bonchev–Trinajstić information content (AvgIpc) is 2.67. The van der Waals surface area contributed by atoms with Gasteiger partial charge in [-0.25, -0.2) is 4.98 Å². The third-order valence-corrected chi connectivity index (χ3v) is 4.03. The second-order valence-electron chi connectivity index (χ2n) is 4.41. The quantitative estimate of drug-likeness (QED) is 0.233. The van der Waals surface area contributed by atoms with E-state index < -0.39 is 0 Å². The normalized spacial score (nSPS) is 13.8. The summed E-state index contributed by atoms with van der Waals surface area (Å²) in [5.74, 6) is 0.303. The molecule has 1 atom stereocenters. The van der Waals surface area contributed by atoms with E-state index in [4.69, 9.17) is 10.9 Å². The van der Waals surface area contributed by atoms with Gasteiger partial charge in [0.15, 0.2) is 0 Å². The van der Waals surface area contributed by atoms with Gasteiger partial charge in [-0.2, -0.15) is 0 Å². The lowest BCUT2D eigenvalue weighted by Gasteiger charge is -2.12. The number of thiazole rings is 1. The molecule has 0 fully saturated rings. The van der Waals surface area contributed by atoms with Crippen LogP contribution in [0.3, 0.4) is 0 Å². The molecule has 0 aliphatic rings. The number of hydrogen-bond donors (Lipinski definition) is 3. The Bertz CT molecular complexity index is 403. The van der Waals surface area contributed by atoms with Crippen molar-refractivity contribution in [2.75, 3.05) is 6.54 Å². The number of aryl methyl sites for hydroxylation is 2. The van der Waals surface area contributed by atoms with Crippen LogP contribution < -0.4 is 11.1 Å². The number of nitrogens with one attached hydrogen (secondary N) is 1. The van der Waals surface area contributed by atoms with Gasteiger partial charge in [0, 0.05) is 17.3 Å². The summed E-state index contributed by atoms with van der Waals surface area (Å²) < 4.78 is 0. The molecule has 102 valence electrons. The molecule has 0 saturated heterocycles. The highest BCUT2D eigenvalue weighted by Gasteiger charge is 2.11. The Morgan fingerprint density at radius 2 is 2.22 bits per heavy atom. The average molecular weight is 270 g/mol. The number of hydrogen-bond acceptors (Lipinski definition) is 5. The van der Waals surface area contributed by atoms with Crippen molar-refractivity contribution in [1.82, 2.24) is 10.3 Å². The largest absolute Gasteiger partial charge is 0.409 e. The summed E-state index contributed by atoms with van der Waals surface area (Å²) in [7, 11) is 0. The van der Waals surface area contributed by atoms with Gasteiger partial charge in [0.2, 0.25) is 0 Å². The number of aromatic nitrogens is 1. The third kappa shape index (κ3) is 4.62. The fourth-order valence-corrected chi connectivity index (χ4v) is 2.80. The predicted octanol–water partition coefficient (Wildman–Crippen LogP) is 2.33. The van der Waals surface area contributed by atoms with Crippen molar-refractivity contribution in [3.63, 3.8) is 0 Å². The van der Waals surface area contributed by atoms with Crippen molar-refractivity contribution in [2.24, 2.45) is 10.9 Å². The molecule has 1 aromatic heterocycles. The van der Waals surface area contributed by atoms with E-state index in [1.807, 2.05) is 6.92 Å². The number of nitrogens with two attached hydrogens (primary N) is 1. The molecule has 0 aliphatic heterocycles. The van der Waals surface area contributed by atoms with E-state index in [0.717, 1.165) is 30.1 Å². The Hall–Kier alpha value is -1.14. The molecule has 1 unspecified atom stereocenters. The number of rotatable bonds is 7. The van der Waals surface area contributed by atoms with E-state index in [0.29, 0.717) is 18.3 Å². The molecule has 0 radical (unpaired) electrons. The van der Waals surface area contributed by atoms with E-state index in [2.05, 4.69) is 29.3 Å².